The molecule has 0 unspecified atom stereocenters. The number of carbonyl (C=O) groups is 1. The van der Waals surface area contributed by atoms with Gasteiger partial charge in [-0.25, -0.2) is 13.1 Å². The van der Waals surface area contributed by atoms with Gasteiger partial charge in [0.1, 0.15) is 0 Å². The first-order valence-electron chi connectivity index (χ1n) is 8.70. The van der Waals surface area contributed by atoms with Gasteiger partial charge in [-0.2, -0.15) is 0 Å². The molecule has 1 heterocycles. The van der Waals surface area contributed by atoms with E-state index in [-0.39, 0.29) is 23.2 Å². The minimum absolute atomic E-state index is 0. The van der Waals surface area contributed by atoms with Crippen molar-refractivity contribution in [2.75, 3.05) is 26.7 Å². The summed E-state index contributed by atoms with van der Waals surface area (Å²) < 4.78 is 27.2. The Balaban J connectivity index is 0.00000338. The van der Waals surface area contributed by atoms with Crippen molar-refractivity contribution in [2.45, 2.75) is 44.0 Å². The van der Waals surface area contributed by atoms with E-state index < -0.39 is 15.6 Å². The van der Waals surface area contributed by atoms with Crippen LogP contribution >= 0.6 is 12.4 Å². The van der Waals surface area contributed by atoms with Crippen LogP contribution in [-0.4, -0.2) is 51.4 Å². The fraction of sp³-hybridized carbons (Fsp3) is 0.611. The molecule has 1 aliphatic rings. The first kappa shape index (κ1) is 22.9. The SMILES string of the molecule is CNCC1CCN(C(=O)c2ccc(S(=O)(=O)NC(C)(C)C)cc2)CC1.Cl. The number of benzene rings is 1. The lowest BCUT2D eigenvalue weighted by Crippen LogP contribution is -2.41. The van der Waals surface area contributed by atoms with Crippen molar-refractivity contribution < 1.29 is 13.2 Å². The molecule has 1 saturated heterocycles. The molecular weight excluding hydrogens is 374 g/mol. The highest BCUT2D eigenvalue weighted by atomic mass is 35.5. The first-order valence-corrected chi connectivity index (χ1v) is 10.2. The van der Waals surface area contributed by atoms with E-state index in [1.807, 2.05) is 11.9 Å². The summed E-state index contributed by atoms with van der Waals surface area (Å²) in [6.45, 7) is 7.85. The Morgan fingerprint density at radius 2 is 1.69 bits per heavy atom. The van der Waals surface area contributed by atoms with Crippen LogP contribution in [0.2, 0.25) is 0 Å². The molecule has 0 saturated carbocycles. The van der Waals surface area contributed by atoms with Crippen LogP contribution in [0.3, 0.4) is 0 Å². The summed E-state index contributed by atoms with van der Waals surface area (Å²) >= 11 is 0. The largest absolute Gasteiger partial charge is 0.339 e. The van der Waals surface area contributed by atoms with E-state index in [0.717, 1.165) is 32.5 Å². The number of likely N-dealkylation sites (tertiary alicyclic amines) is 1. The highest BCUT2D eigenvalue weighted by molar-refractivity contribution is 7.89. The molecule has 1 aliphatic heterocycles. The Morgan fingerprint density at radius 3 is 2.15 bits per heavy atom. The number of hydrogen-bond donors (Lipinski definition) is 2. The molecule has 8 heteroatoms. The summed E-state index contributed by atoms with van der Waals surface area (Å²) in [6.07, 6.45) is 1.99. The molecule has 1 amide bonds. The summed E-state index contributed by atoms with van der Waals surface area (Å²) in [5, 5.41) is 3.18. The Bertz CT molecular complexity index is 691. The van der Waals surface area contributed by atoms with Gasteiger partial charge < -0.3 is 10.2 Å². The molecule has 2 N–H and O–H groups in total. The molecule has 2 rings (SSSR count). The third-order valence-electron chi connectivity index (χ3n) is 4.25. The maximum Gasteiger partial charge on any atom is 0.253 e. The summed E-state index contributed by atoms with van der Waals surface area (Å²) in [7, 11) is -1.63. The zero-order valence-electron chi connectivity index (χ0n) is 15.9. The normalized spacial score (nSPS) is 16.2. The average molecular weight is 404 g/mol. The Kier molecular flexibility index (Phi) is 8.07. The molecule has 0 aromatic heterocycles. The number of hydrogen-bond acceptors (Lipinski definition) is 4. The zero-order chi connectivity index (χ0) is 18.7. The molecular formula is C18H30ClN3O3S. The van der Waals surface area contributed by atoms with E-state index in [9.17, 15) is 13.2 Å². The van der Waals surface area contributed by atoms with E-state index in [2.05, 4.69) is 10.0 Å². The van der Waals surface area contributed by atoms with Crippen LogP contribution < -0.4 is 10.0 Å². The van der Waals surface area contributed by atoms with Gasteiger partial charge >= 0.3 is 0 Å². The average Bonchev–Trinajstić information content (AvgIpc) is 2.53. The van der Waals surface area contributed by atoms with Gasteiger partial charge in [0, 0.05) is 24.2 Å². The number of amides is 1. The quantitative estimate of drug-likeness (QED) is 0.790. The molecule has 148 valence electrons. The van der Waals surface area contributed by atoms with Crippen LogP contribution in [0, 0.1) is 5.92 Å². The van der Waals surface area contributed by atoms with Gasteiger partial charge in [-0.3, -0.25) is 4.79 Å². The second-order valence-corrected chi connectivity index (χ2v) is 9.36. The fourth-order valence-electron chi connectivity index (χ4n) is 3.05. The number of carbonyl (C=O) groups excluding carboxylic acids is 1. The molecule has 0 aliphatic carbocycles. The Labute approximate surface area is 163 Å². The van der Waals surface area contributed by atoms with Gasteiger partial charge in [0.25, 0.3) is 5.91 Å². The minimum Gasteiger partial charge on any atom is -0.339 e. The summed E-state index contributed by atoms with van der Waals surface area (Å²) in [5.74, 6) is 0.584. The smallest absolute Gasteiger partial charge is 0.253 e. The Morgan fingerprint density at radius 1 is 1.15 bits per heavy atom. The lowest BCUT2D eigenvalue weighted by molar-refractivity contribution is 0.0691. The molecule has 0 spiro atoms. The van der Waals surface area contributed by atoms with Crippen molar-refractivity contribution in [3.05, 3.63) is 29.8 Å². The van der Waals surface area contributed by atoms with E-state index in [4.69, 9.17) is 0 Å². The lowest BCUT2D eigenvalue weighted by Gasteiger charge is -2.32. The molecule has 0 atom stereocenters. The number of rotatable bonds is 5. The fourth-order valence-corrected chi connectivity index (χ4v) is 4.47. The molecule has 26 heavy (non-hydrogen) atoms. The standard InChI is InChI=1S/C18H29N3O3S.ClH/c1-18(2,3)20-25(23,24)16-7-5-15(6-8-16)17(22)21-11-9-14(10-12-21)13-19-4;/h5-8,14,19-20H,9-13H2,1-4H3;1H. The maximum absolute atomic E-state index is 12.6. The van der Waals surface area contributed by atoms with Gasteiger partial charge in [0.15, 0.2) is 0 Å². The van der Waals surface area contributed by atoms with Gasteiger partial charge in [0.2, 0.25) is 10.0 Å². The predicted octanol–water partition coefficient (Wildman–Crippen LogP) is 2.26. The van der Waals surface area contributed by atoms with Crippen LogP contribution in [0.1, 0.15) is 44.0 Å². The van der Waals surface area contributed by atoms with Gasteiger partial charge in [-0.05, 0) is 77.4 Å². The van der Waals surface area contributed by atoms with Gasteiger partial charge in [-0.1, -0.05) is 0 Å². The van der Waals surface area contributed by atoms with Crippen molar-refractivity contribution >= 4 is 28.3 Å². The third-order valence-corrected chi connectivity index (χ3v) is 6.02. The van der Waals surface area contributed by atoms with Crippen LogP contribution in [0.15, 0.2) is 29.2 Å². The van der Waals surface area contributed by atoms with E-state index in [0.29, 0.717) is 11.5 Å². The summed E-state index contributed by atoms with van der Waals surface area (Å²) in [5.41, 5.74) is -0.0212. The van der Waals surface area contributed by atoms with Crippen LogP contribution in [-0.2, 0) is 10.0 Å². The minimum atomic E-state index is -3.58. The lowest BCUT2D eigenvalue weighted by atomic mass is 9.96. The monoisotopic (exact) mass is 403 g/mol. The van der Waals surface area contributed by atoms with Crippen molar-refractivity contribution in [1.82, 2.24) is 14.9 Å². The van der Waals surface area contributed by atoms with E-state index in [1.165, 1.54) is 12.1 Å². The van der Waals surface area contributed by atoms with E-state index >= 15 is 0 Å². The Hall–Kier alpha value is -1.15. The molecule has 1 fully saturated rings. The van der Waals surface area contributed by atoms with E-state index in [1.54, 1.807) is 32.9 Å². The molecule has 1 aromatic carbocycles. The highest BCUT2D eigenvalue weighted by Crippen LogP contribution is 2.20. The highest BCUT2D eigenvalue weighted by Gasteiger charge is 2.25. The molecule has 0 bridgehead atoms. The van der Waals surface area contributed by atoms with Crippen molar-refractivity contribution in [3.8, 4) is 0 Å². The third kappa shape index (κ3) is 6.23. The first-order chi connectivity index (χ1) is 11.6. The topological polar surface area (TPSA) is 78.5 Å². The number of halogens is 1. The van der Waals surface area contributed by atoms with Crippen molar-refractivity contribution in [3.63, 3.8) is 0 Å². The van der Waals surface area contributed by atoms with Gasteiger partial charge in [-0.15, -0.1) is 12.4 Å². The second kappa shape index (κ2) is 9.17. The van der Waals surface area contributed by atoms with Crippen molar-refractivity contribution in [1.29, 1.82) is 0 Å². The van der Waals surface area contributed by atoms with Crippen LogP contribution in [0.5, 0.6) is 0 Å². The van der Waals surface area contributed by atoms with Crippen LogP contribution in [0.4, 0.5) is 0 Å². The van der Waals surface area contributed by atoms with Gasteiger partial charge in [0.05, 0.1) is 4.90 Å². The molecule has 1 aromatic rings. The van der Waals surface area contributed by atoms with Crippen LogP contribution in [0.25, 0.3) is 0 Å². The number of piperidine rings is 1. The zero-order valence-corrected chi connectivity index (χ0v) is 17.5. The number of sulfonamides is 1. The number of nitrogens with zero attached hydrogens (tertiary/aromatic N) is 1. The summed E-state index contributed by atoms with van der Waals surface area (Å²) in [6, 6.07) is 6.18. The predicted molar refractivity (Wildman–Crippen MR) is 106 cm³/mol. The number of nitrogens with one attached hydrogen (secondary N) is 2. The maximum atomic E-state index is 12.6. The second-order valence-electron chi connectivity index (χ2n) is 7.67. The molecule has 6 nitrogen and oxygen atoms in total. The summed E-state index contributed by atoms with van der Waals surface area (Å²) in [4.78, 5) is 14.6. The molecule has 0 radical (unpaired) electrons. The van der Waals surface area contributed by atoms with Crippen molar-refractivity contribution in [2.24, 2.45) is 5.92 Å².